The smallest absolute Gasteiger partial charge is 0.123 e. The van der Waals surface area contributed by atoms with Gasteiger partial charge in [-0.3, -0.25) is 0 Å². The molecule has 84 valence electrons. The molecule has 0 N–H and O–H groups in total. The average Bonchev–Trinajstić information content (AvgIpc) is 2.34. The van der Waals surface area contributed by atoms with E-state index in [9.17, 15) is 4.39 Å². The lowest BCUT2D eigenvalue weighted by Crippen LogP contribution is -2.19. The summed E-state index contributed by atoms with van der Waals surface area (Å²) in [5.41, 5.74) is 3.42. The molecule has 0 aliphatic carbocycles. The molecule has 0 fully saturated rings. The first-order valence-electron chi connectivity index (χ1n) is 5.21. The molecule has 0 bridgehead atoms. The normalized spacial score (nSPS) is 15.1. The van der Waals surface area contributed by atoms with Crippen molar-refractivity contribution in [3.63, 3.8) is 0 Å². The van der Waals surface area contributed by atoms with Crippen LogP contribution >= 0.6 is 0 Å². The highest BCUT2D eigenvalue weighted by molar-refractivity contribution is 5.71. The summed E-state index contributed by atoms with van der Waals surface area (Å²) in [6.07, 6.45) is 9.14. The number of terminal acetylenes is 1. The zero-order valence-electron chi connectivity index (χ0n) is 9.57. The van der Waals surface area contributed by atoms with Crippen molar-refractivity contribution in [2.75, 3.05) is 7.05 Å². The standard InChI is InChI=1S/C15H12FN/c1-4-12-7-10-15(17(3)11(12)2)13-5-8-14(16)9-6-13/h1,5-10H,2H2,3H3. The number of rotatable bonds is 1. The van der Waals surface area contributed by atoms with Crippen LogP contribution in [0.25, 0.3) is 5.70 Å². The number of allylic oxidation sites excluding steroid dienone is 3. The summed E-state index contributed by atoms with van der Waals surface area (Å²) in [7, 11) is 1.89. The fraction of sp³-hybridized carbons (Fsp3) is 0.0667. The zero-order valence-corrected chi connectivity index (χ0v) is 9.57. The minimum atomic E-state index is -0.244. The van der Waals surface area contributed by atoms with Crippen LogP contribution in [0.15, 0.2) is 54.3 Å². The Kier molecular flexibility index (Phi) is 2.84. The fourth-order valence-corrected chi connectivity index (χ4v) is 1.74. The van der Waals surface area contributed by atoms with E-state index >= 15 is 0 Å². The number of likely N-dealkylation sites (N-methyl/N-ethyl adjacent to an activating group) is 1. The van der Waals surface area contributed by atoms with Crippen LogP contribution in [-0.2, 0) is 0 Å². The molecule has 0 saturated carbocycles. The minimum absolute atomic E-state index is 0.244. The van der Waals surface area contributed by atoms with Crippen LogP contribution in [0.2, 0.25) is 0 Å². The number of halogens is 1. The highest BCUT2D eigenvalue weighted by Gasteiger charge is 2.16. The van der Waals surface area contributed by atoms with Gasteiger partial charge >= 0.3 is 0 Å². The molecule has 1 heterocycles. The third kappa shape index (κ3) is 2.00. The van der Waals surface area contributed by atoms with Crippen LogP contribution in [0, 0.1) is 18.2 Å². The summed E-state index contributed by atoms with van der Waals surface area (Å²) >= 11 is 0. The lowest BCUT2D eigenvalue weighted by Gasteiger charge is -2.27. The van der Waals surface area contributed by atoms with Crippen LogP contribution < -0.4 is 0 Å². The van der Waals surface area contributed by atoms with Crippen molar-refractivity contribution >= 4 is 5.70 Å². The van der Waals surface area contributed by atoms with E-state index in [2.05, 4.69) is 12.5 Å². The maximum absolute atomic E-state index is 12.9. The van der Waals surface area contributed by atoms with Gasteiger partial charge in [-0.1, -0.05) is 12.5 Å². The predicted molar refractivity (Wildman–Crippen MR) is 68.2 cm³/mol. The summed E-state index contributed by atoms with van der Waals surface area (Å²) in [6.45, 7) is 3.94. The van der Waals surface area contributed by atoms with Crippen molar-refractivity contribution in [2.24, 2.45) is 0 Å². The molecular formula is C15H12FN. The SMILES string of the molecule is C#CC1=CC=C(c2ccc(F)cc2)N(C)C1=C. The molecule has 0 unspecified atom stereocenters. The molecule has 0 atom stereocenters. The Morgan fingerprint density at radius 2 is 1.88 bits per heavy atom. The molecule has 1 aliphatic heterocycles. The molecule has 1 aliphatic rings. The van der Waals surface area contributed by atoms with Gasteiger partial charge in [-0.05, 0) is 42.0 Å². The van der Waals surface area contributed by atoms with Crippen LogP contribution in [0.1, 0.15) is 5.56 Å². The van der Waals surface area contributed by atoms with Crippen molar-refractivity contribution < 1.29 is 4.39 Å². The van der Waals surface area contributed by atoms with Gasteiger partial charge in [0.05, 0.1) is 0 Å². The molecule has 0 spiro atoms. The molecule has 1 aromatic rings. The van der Waals surface area contributed by atoms with Gasteiger partial charge in [0.2, 0.25) is 0 Å². The van der Waals surface area contributed by atoms with Gasteiger partial charge in [0.1, 0.15) is 5.82 Å². The van der Waals surface area contributed by atoms with Gasteiger partial charge in [-0.2, -0.15) is 0 Å². The van der Waals surface area contributed by atoms with Gasteiger partial charge in [0.25, 0.3) is 0 Å². The van der Waals surface area contributed by atoms with Crippen molar-refractivity contribution in [1.29, 1.82) is 0 Å². The van der Waals surface area contributed by atoms with E-state index in [0.29, 0.717) is 0 Å². The fourth-order valence-electron chi connectivity index (χ4n) is 1.74. The summed E-state index contributed by atoms with van der Waals surface area (Å²) < 4.78 is 12.9. The second-order valence-electron chi connectivity index (χ2n) is 3.79. The predicted octanol–water partition coefficient (Wildman–Crippen LogP) is 3.19. The molecule has 1 nitrogen and oxygen atoms in total. The lowest BCUT2D eigenvalue weighted by molar-refractivity contribution is 0.606. The van der Waals surface area contributed by atoms with Gasteiger partial charge in [-0.25, -0.2) is 4.39 Å². The molecular weight excluding hydrogens is 213 g/mol. The molecule has 0 radical (unpaired) electrons. The van der Waals surface area contributed by atoms with Crippen LogP contribution in [-0.4, -0.2) is 11.9 Å². The van der Waals surface area contributed by atoms with Gasteiger partial charge in [0.15, 0.2) is 0 Å². The Morgan fingerprint density at radius 3 is 2.47 bits per heavy atom. The first-order chi connectivity index (χ1) is 8.13. The maximum atomic E-state index is 12.9. The van der Waals surface area contributed by atoms with E-state index in [1.165, 1.54) is 12.1 Å². The Labute approximate surface area is 101 Å². The minimum Gasteiger partial charge on any atom is -0.344 e. The maximum Gasteiger partial charge on any atom is 0.123 e. The Bertz CT molecular complexity index is 556. The molecule has 0 amide bonds. The summed E-state index contributed by atoms with van der Waals surface area (Å²) in [5, 5.41) is 0. The van der Waals surface area contributed by atoms with Crippen molar-refractivity contribution in [3.05, 3.63) is 65.6 Å². The van der Waals surface area contributed by atoms with Crippen molar-refractivity contribution in [3.8, 4) is 12.3 Å². The van der Waals surface area contributed by atoms with Gasteiger partial charge in [0, 0.05) is 24.0 Å². The Morgan fingerprint density at radius 1 is 1.24 bits per heavy atom. The number of benzene rings is 1. The first kappa shape index (κ1) is 11.2. The molecule has 0 saturated heterocycles. The number of hydrogen-bond acceptors (Lipinski definition) is 1. The molecule has 2 heteroatoms. The van der Waals surface area contributed by atoms with E-state index in [-0.39, 0.29) is 5.82 Å². The van der Waals surface area contributed by atoms with E-state index < -0.39 is 0 Å². The number of hydrogen-bond donors (Lipinski definition) is 0. The van der Waals surface area contributed by atoms with Crippen molar-refractivity contribution in [1.82, 2.24) is 4.90 Å². The summed E-state index contributed by atoms with van der Waals surface area (Å²) in [5.74, 6) is 2.34. The summed E-state index contributed by atoms with van der Waals surface area (Å²) in [4.78, 5) is 1.91. The van der Waals surface area contributed by atoms with E-state index in [1.807, 2.05) is 24.1 Å². The van der Waals surface area contributed by atoms with E-state index in [1.54, 1.807) is 12.1 Å². The highest BCUT2D eigenvalue weighted by atomic mass is 19.1. The molecule has 1 aromatic carbocycles. The second-order valence-corrected chi connectivity index (χ2v) is 3.79. The van der Waals surface area contributed by atoms with Crippen LogP contribution in [0.3, 0.4) is 0 Å². The topological polar surface area (TPSA) is 3.24 Å². The lowest BCUT2D eigenvalue weighted by atomic mass is 10.0. The first-order valence-corrected chi connectivity index (χ1v) is 5.21. The van der Waals surface area contributed by atoms with Gasteiger partial charge < -0.3 is 4.90 Å². The van der Waals surface area contributed by atoms with Gasteiger partial charge in [-0.15, -0.1) is 6.42 Å². The van der Waals surface area contributed by atoms with Crippen molar-refractivity contribution in [2.45, 2.75) is 0 Å². The quantitative estimate of drug-likeness (QED) is 0.663. The Balaban J connectivity index is 2.44. The highest BCUT2D eigenvalue weighted by Crippen LogP contribution is 2.28. The van der Waals surface area contributed by atoms with Crippen LogP contribution in [0.4, 0.5) is 4.39 Å². The third-order valence-corrected chi connectivity index (χ3v) is 2.78. The Hall–Kier alpha value is -2.27. The third-order valence-electron chi connectivity index (χ3n) is 2.78. The molecule has 2 rings (SSSR count). The number of nitrogens with zero attached hydrogens (tertiary/aromatic N) is 1. The molecule has 17 heavy (non-hydrogen) atoms. The molecule has 0 aromatic heterocycles. The van der Waals surface area contributed by atoms with E-state index in [4.69, 9.17) is 6.42 Å². The average molecular weight is 225 g/mol. The van der Waals surface area contributed by atoms with Crippen LogP contribution in [0.5, 0.6) is 0 Å². The largest absolute Gasteiger partial charge is 0.344 e. The summed E-state index contributed by atoms with van der Waals surface area (Å²) in [6, 6.07) is 6.35. The second kappa shape index (κ2) is 4.31. The monoisotopic (exact) mass is 225 g/mol. The zero-order chi connectivity index (χ0) is 12.4. The van der Waals surface area contributed by atoms with E-state index in [0.717, 1.165) is 22.5 Å².